The standard InChI is InChI=1S/C17H17NO4/c1-12(22-17(20)13-7-4-3-5-8-13)16(19)18-14-9-6-10-15(11-14)21-2/h3-12H,1-2H3,(H,18,19)/t12-/m0/s1. The van der Waals surface area contributed by atoms with Crippen LogP contribution in [-0.4, -0.2) is 25.1 Å². The molecule has 0 unspecified atom stereocenters. The Balaban J connectivity index is 1.96. The number of nitrogens with one attached hydrogen (secondary N) is 1. The molecule has 0 radical (unpaired) electrons. The summed E-state index contributed by atoms with van der Waals surface area (Å²) in [6.45, 7) is 1.52. The highest BCUT2D eigenvalue weighted by molar-refractivity contribution is 5.97. The summed E-state index contributed by atoms with van der Waals surface area (Å²) in [6.07, 6.45) is -0.904. The van der Waals surface area contributed by atoms with E-state index in [9.17, 15) is 9.59 Å². The first kappa shape index (κ1) is 15.6. The predicted molar refractivity (Wildman–Crippen MR) is 82.9 cm³/mol. The number of esters is 1. The summed E-state index contributed by atoms with van der Waals surface area (Å²) >= 11 is 0. The molecule has 0 aliphatic rings. The molecule has 0 aromatic heterocycles. The molecule has 0 bridgehead atoms. The fourth-order valence-electron chi connectivity index (χ4n) is 1.80. The first-order valence-electron chi connectivity index (χ1n) is 6.81. The first-order valence-corrected chi connectivity index (χ1v) is 6.81. The molecule has 114 valence electrons. The van der Waals surface area contributed by atoms with E-state index < -0.39 is 18.0 Å². The Hall–Kier alpha value is -2.82. The Bertz CT molecular complexity index is 655. The Morgan fingerprint density at radius 1 is 1.05 bits per heavy atom. The van der Waals surface area contributed by atoms with Crippen LogP contribution in [0.15, 0.2) is 54.6 Å². The Kier molecular flexibility index (Phi) is 5.14. The second-order valence-corrected chi connectivity index (χ2v) is 4.63. The van der Waals surface area contributed by atoms with Crippen LogP contribution in [0.3, 0.4) is 0 Å². The molecule has 0 spiro atoms. The molecule has 2 rings (SSSR count). The van der Waals surface area contributed by atoms with Crippen LogP contribution in [0.2, 0.25) is 0 Å². The molecule has 22 heavy (non-hydrogen) atoms. The third-order valence-electron chi connectivity index (χ3n) is 3.00. The van der Waals surface area contributed by atoms with Gasteiger partial charge in [0.25, 0.3) is 5.91 Å². The average molecular weight is 299 g/mol. The summed E-state index contributed by atoms with van der Waals surface area (Å²) < 4.78 is 10.2. The van der Waals surface area contributed by atoms with E-state index in [-0.39, 0.29) is 0 Å². The third kappa shape index (κ3) is 4.09. The highest BCUT2D eigenvalue weighted by Crippen LogP contribution is 2.17. The summed E-state index contributed by atoms with van der Waals surface area (Å²) in [5.41, 5.74) is 0.982. The van der Waals surface area contributed by atoms with Gasteiger partial charge in [0.1, 0.15) is 5.75 Å². The van der Waals surface area contributed by atoms with Crippen molar-refractivity contribution in [2.75, 3.05) is 12.4 Å². The van der Waals surface area contributed by atoms with Crippen molar-refractivity contribution in [2.24, 2.45) is 0 Å². The van der Waals surface area contributed by atoms with Gasteiger partial charge in [-0.1, -0.05) is 24.3 Å². The molecule has 2 aromatic rings. The molecule has 2 aromatic carbocycles. The minimum atomic E-state index is -0.904. The Morgan fingerprint density at radius 2 is 1.77 bits per heavy atom. The molecule has 1 amide bonds. The summed E-state index contributed by atoms with van der Waals surface area (Å²) in [6, 6.07) is 15.5. The van der Waals surface area contributed by atoms with Crippen molar-refractivity contribution in [1.82, 2.24) is 0 Å². The zero-order chi connectivity index (χ0) is 15.9. The van der Waals surface area contributed by atoms with Crippen LogP contribution < -0.4 is 10.1 Å². The maximum absolute atomic E-state index is 12.0. The second kappa shape index (κ2) is 7.26. The maximum atomic E-state index is 12.0. The maximum Gasteiger partial charge on any atom is 0.338 e. The van der Waals surface area contributed by atoms with Crippen LogP contribution >= 0.6 is 0 Å². The number of benzene rings is 2. The lowest BCUT2D eigenvalue weighted by molar-refractivity contribution is -0.123. The Labute approximate surface area is 128 Å². The lowest BCUT2D eigenvalue weighted by Gasteiger charge is -2.14. The number of ether oxygens (including phenoxy) is 2. The van der Waals surface area contributed by atoms with E-state index in [2.05, 4.69) is 5.32 Å². The molecule has 1 atom stereocenters. The number of amides is 1. The quantitative estimate of drug-likeness (QED) is 0.862. The smallest absolute Gasteiger partial charge is 0.338 e. The van der Waals surface area contributed by atoms with Gasteiger partial charge in [-0.2, -0.15) is 0 Å². The van der Waals surface area contributed by atoms with E-state index in [0.29, 0.717) is 17.0 Å². The number of carbonyl (C=O) groups excluding carboxylic acids is 2. The fraction of sp³-hybridized carbons (Fsp3) is 0.176. The van der Waals surface area contributed by atoms with Crippen LogP contribution in [0.1, 0.15) is 17.3 Å². The highest BCUT2D eigenvalue weighted by Gasteiger charge is 2.18. The van der Waals surface area contributed by atoms with E-state index in [0.717, 1.165) is 0 Å². The molecular formula is C17H17NO4. The molecule has 0 saturated carbocycles. The lowest BCUT2D eigenvalue weighted by Crippen LogP contribution is -2.30. The topological polar surface area (TPSA) is 64.6 Å². The van der Waals surface area contributed by atoms with Crippen LogP contribution in [0, 0.1) is 0 Å². The normalized spacial score (nSPS) is 11.4. The van der Waals surface area contributed by atoms with E-state index in [4.69, 9.17) is 9.47 Å². The number of anilines is 1. The van der Waals surface area contributed by atoms with Crippen molar-refractivity contribution in [1.29, 1.82) is 0 Å². The van der Waals surface area contributed by atoms with E-state index in [1.807, 2.05) is 0 Å². The van der Waals surface area contributed by atoms with E-state index in [1.54, 1.807) is 61.7 Å². The van der Waals surface area contributed by atoms with E-state index >= 15 is 0 Å². The van der Waals surface area contributed by atoms with Gasteiger partial charge in [0.05, 0.1) is 12.7 Å². The number of carbonyl (C=O) groups is 2. The molecule has 0 heterocycles. The number of rotatable bonds is 5. The second-order valence-electron chi connectivity index (χ2n) is 4.63. The predicted octanol–water partition coefficient (Wildman–Crippen LogP) is 2.88. The summed E-state index contributed by atoms with van der Waals surface area (Å²) in [5, 5.41) is 2.68. The molecule has 0 aliphatic carbocycles. The highest BCUT2D eigenvalue weighted by atomic mass is 16.5. The summed E-state index contributed by atoms with van der Waals surface area (Å²) in [7, 11) is 1.55. The molecule has 0 fully saturated rings. The van der Waals surface area contributed by atoms with Gasteiger partial charge in [-0.3, -0.25) is 4.79 Å². The van der Waals surface area contributed by atoms with E-state index in [1.165, 1.54) is 6.92 Å². The minimum Gasteiger partial charge on any atom is -0.497 e. The molecular weight excluding hydrogens is 282 g/mol. The van der Waals surface area contributed by atoms with Gasteiger partial charge in [-0.05, 0) is 31.2 Å². The largest absolute Gasteiger partial charge is 0.497 e. The number of methoxy groups -OCH3 is 1. The SMILES string of the molecule is COc1cccc(NC(=O)[C@H](C)OC(=O)c2ccccc2)c1. The lowest BCUT2D eigenvalue weighted by atomic mass is 10.2. The van der Waals surface area contributed by atoms with Crippen molar-refractivity contribution in [3.8, 4) is 5.75 Å². The molecule has 5 heteroatoms. The summed E-state index contributed by atoms with van der Waals surface area (Å²) in [4.78, 5) is 23.9. The van der Waals surface area contributed by atoms with Crippen LogP contribution in [0.4, 0.5) is 5.69 Å². The minimum absolute atomic E-state index is 0.405. The van der Waals surface area contributed by atoms with Gasteiger partial charge in [0, 0.05) is 11.8 Å². The first-order chi connectivity index (χ1) is 10.6. The third-order valence-corrected chi connectivity index (χ3v) is 3.00. The van der Waals surface area contributed by atoms with Crippen LogP contribution in [-0.2, 0) is 9.53 Å². The zero-order valence-electron chi connectivity index (χ0n) is 12.4. The van der Waals surface area contributed by atoms with Gasteiger partial charge in [0.2, 0.25) is 0 Å². The number of hydrogen-bond acceptors (Lipinski definition) is 4. The molecule has 0 aliphatic heterocycles. The van der Waals surface area contributed by atoms with Gasteiger partial charge >= 0.3 is 5.97 Å². The monoisotopic (exact) mass is 299 g/mol. The van der Waals surface area contributed by atoms with Crippen molar-refractivity contribution >= 4 is 17.6 Å². The zero-order valence-corrected chi connectivity index (χ0v) is 12.4. The summed E-state index contributed by atoms with van der Waals surface area (Å²) in [5.74, 6) is -0.307. The van der Waals surface area contributed by atoms with Crippen LogP contribution in [0.5, 0.6) is 5.75 Å². The van der Waals surface area contributed by atoms with Gasteiger partial charge in [-0.15, -0.1) is 0 Å². The molecule has 0 saturated heterocycles. The van der Waals surface area contributed by atoms with Gasteiger partial charge in [0.15, 0.2) is 6.10 Å². The van der Waals surface area contributed by atoms with Crippen molar-refractivity contribution < 1.29 is 19.1 Å². The van der Waals surface area contributed by atoms with Gasteiger partial charge < -0.3 is 14.8 Å². The van der Waals surface area contributed by atoms with Gasteiger partial charge in [-0.25, -0.2) is 4.79 Å². The fourth-order valence-corrected chi connectivity index (χ4v) is 1.80. The Morgan fingerprint density at radius 3 is 2.45 bits per heavy atom. The number of hydrogen-bond donors (Lipinski definition) is 1. The van der Waals surface area contributed by atoms with Crippen molar-refractivity contribution in [3.05, 3.63) is 60.2 Å². The molecule has 1 N–H and O–H groups in total. The molecule has 5 nitrogen and oxygen atoms in total. The average Bonchev–Trinajstić information content (AvgIpc) is 2.55. The van der Waals surface area contributed by atoms with Crippen molar-refractivity contribution in [2.45, 2.75) is 13.0 Å². The van der Waals surface area contributed by atoms with Crippen molar-refractivity contribution in [3.63, 3.8) is 0 Å². The van der Waals surface area contributed by atoms with Crippen LogP contribution in [0.25, 0.3) is 0 Å².